The van der Waals surface area contributed by atoms with Gasteiger partial charge in [-0.2, -0.15) is 0 Å². The lowest BCUT2D eigenvalue weighted by molar-refractivity contribution is -0.143. The number of rotatable bonds is 36. The average molecular weight is 1050 g/mol. The largest absolute Gasteiger partial charge is 0.480 e. The van der Waals surface area contributed by atoms with E-state index >= 15 is 0 Å². The molecule has 0 aromatic heterocycles. The minimum Gasteiger partial charge on any atom is -0.480 e. The maximum Gasteiger partial charge on any atom is 0.326 e. The highest BCUT2D eigenvalue weighted by Crippen LogP contribution is 2.15. The Labute approximate surface area is 436 Å². The Morgan fingerprint density at radius 2 is 0.959 bits per heavy atom. The van der Waals surface area contributed by atoms with E-state index in [4.69, 9.17) is 22.9 Å². The Morgan fingerprint density at radius 1 is 0.514 bits per heavy atom. The Bertz CT molecular complexity index is 1990. The zero-order valence-electron chi connectivity index (χ0n) is 44.9. The Kier molecular flexibility index (Phi) is 30.5. The van der Waals surface area contributed by atoms with E-state index in [1.807, 2.05) is 13.8 Å². The van der Waals surface area contributed by atoms with Crippen molar-refractivity contribution in [1.82, 2.24) is 42.5 Å². The number of unbranched alkanes of at least 4 members (excludes halogenated alkanes) is 2. The number of carboxylic acids is 1. The highest BCUT2D eigenvalue weighted by molar-refractivity contribution is 5.98. The first-order valence-electron chi connectivity index (χ1n) is 25.9. The van der Waals surface area contributed by atoms with Gasteiger partial charge in [0.25, 0.3) is 0 Å². The average Bonchev–Trinajstić information content (AvgIpc) is 3.33. The number of hydrogen-bond acceptors (Lipinski definition) is 13. The van der Waals surface area contributed by atoms with Crippen LogP contribution >= 0.6 is 0 Å². The fourth-order valence-electron chi connectivity index (χ4n) is 7.71. The van der Waals surface area contributed by atoms with Crippen molar-refractivity contribution in [1.29, 1.82) is 0 Å². The van der Waals surface area contributed by atoms with Crippen LogP contribution in [0.5, 0.6) is 0 Å². The van der Waals surface area contributed by atoms with Crippen molar-refractivity contribution >= 4 is 59.1 Å². The van der Waals surface area contributed by atoms with Gasteiger partial charge >= 0.3 is 5.97 Å². The smallest absolute Gasteiger partial charge is 0.326 e. The Hall–Kier alpha value is -6.20. The van der Waals surface area contributed by atoms with Crippen molar-refractivity contribution in [3.05, 3.63) is 35.9 Å². The van der Waals surface area contributed by atoms with Crippen molar-refractivity contribution in [2.75, 3.05) is 13.1 Å². The quantitative estimate of drug-likeness (QED) is 0.0376. The van der Waals surface area contributed by atoms with E-state index in [2.05, 4.69) is 42.5 Å². The summed E-state index contributed by atoms with van der Waals surface area (Å²) in [5.41, 5.74) is 23.5. The Balaban J connectivity index is 3.48. The molecule has 418 valence electrons. The monoisotopic (exact) mass is 1040 g/mol. The van der Waals surface area contributed by atoms with E-state index in [0.29, 0.717) is 50.6 Å². The highest BCUT2D eigenvalue weighted by atomic mass is 16.4. The lowest BCUT2D eigenvalue weighted by Crippen LogP contribution is -2.62. The van der Waals surface area contributed by atoms with Gasteiger partial charge in [-0.3, -0.25) is 43.2 Å². The second-order valence-corrected chi connectivity index (χ2v) is 20.1. The van der Waals surface area contributed by atoms with Gasteiger partial charge in [-0.1, -0.05) is 98.6 Å². The van der Waals surface area contributed by atoms with Crippen LogP contribution in [0.1, 0.15) is 132 Å². The highest BCUT2D eigenvalue weighted by Gasteiger charge is 2.37. The third-order valence-electron chi connectivity index (χ3n) is 12.5. The Morgan fingerprint density at radius 3 is 1.45 bits per heavy atom. The standard InChI is InChI=1S/C51H88N12O11/c1-10-31(8)42(50(72)62-41(30(6)7)49(71)61-40(29(4)5)48(70)60-38(51(73)74)26-28(2)3)63-46(68)35(21-15-17-25-53)57-45(67)36(22-23-39(55)64)58-47(69)37(27-33-18-12-11-13-19-33)59-43(65)32(9)56-44(66)34(54)20-14-16-24-52/h11-13,18-19,28-32,34-38,40-42H,10,14-17,20-27,52-54H2,1-9H3,(H2,55,64)(H,56,66)(H,57,67)(H,58,69)(H,59,65)(H,60,70)(H,61,71)(H,62,72)(H,63,68)(H,73,74)/t31-,32-,34-,35-,36-,37-,38-,40-,41-,42-/m0/s1. The number of carbonyl (C=O) groups is 10. The van der Waals surface area contributed by atoms with Crippen LogP contribution in [0.3, 0.4) is 0 Å². The molecule has 17 N–H and O–H groups in total. The predicted molar refractivity (Wildman–Crippen MR) is 280 cm³/mol. The number of nitrogens with one attached hydrogen (secondary N) is 8. The summed E-state index contributed by atoms with van der Waals surface area (Å²) in [6.45, 7) is 15.9. The van der Waals surface area contributed by atoms with Crippen LogP contribution in [0.2, 0.25) is 0 Å². The summed E-state index contributed by atoms with van der Waals surface area (Å²) >= 11 is 0. The van der Waals surface area contributed by atoms with Crippen LogP contribution in [0.25, 0.3) is 0 Å². The molecule has 0 fully saturated rings. The minimum atomic E-state index is -1.47. The van der Waals surface area contributed by atoms with Gasteiger partial charge in [0.1, 0.15) is 48.3 Å². The first kappa shape index (κ1) is 65.8. The number of primary amides is 1. The molecular formula is C51H88N12O11. The third kappa shape index (κ3) is 24.2. The molecule has 0 unspecified atom stereocenters. The summed E-state index contributed by atoms with van der Waals surface area (Å²) < 4.78 is 0. The molecule has 0 saturated heterocycles. The number of amides is 9. The predicted octanol–water partition coefficient (Wildman–Crippen LogP) is -0.533. The molecule has 0 bridgehead atoms. The third-order valence-corrected chi connectivity index (χ3v) is 12.5. The SMILES string of the molecule is CC[C@H](C)[C@H](NC(=O)[C@H](CCCCN)NC(=O)[C@H](CCC(N)=O)NC(=O)[C@H](Cc1ccccc1)NC(=O)[C@H](C)NC(=O)[C@@H](N)CCCCN)C(=O)N[C@H](C(=O)N[C@H](C(=O)N[C@@H](CC(C)C)C(=O)O)C(C)C)C(C)C. The second kappa shape index (κ2) is 34.3. The van der Waals surface area contributed by atoms with Crippen molar-refractivity contribution < 1.29 is 53.1 Å². The number of carbonyl (C=O) groups excluding carboxylic acids is 9. The molecule has 1 rings (SSSR count). The van der Waals surface area contributed by atoms with Gasteiger partial charge in [-0.25, -0.2) is 4.79 Å². The van der Waals surface area contributed by atoms with E-state index < -0.39 is 131 Å². The van der Waals surface area contributed by atoms with Crippen LogP contribution < -0.4 is 65.5 Å². The van der Waals surface area contributed by atoms with E-state index in [1.165, 1.54) is 6.92 Å². The molecule has 1 aromatic carbocycles. The maximum atomic E-state index is 14.3. The van der Waals surface area contributed by atoms with E-state index in [1.54, 1.807) is 71.9 Å². The fourth-order valence-corrected chi connectivity index (χ4v) is 7.71. The minimum absolute atomic E-state index is 0.0304. The van der Waals surface area contributed by atoms with Crippen molar-refractivity contribution in [3.8, 4) is 0 Å². The van der Waals surface area contributed by atoms with Gasteiger partial charge in [-0.05, 0) is 94.2 Å². The van der Waals surface area contributed by atoms with Crippen molar-refractivity contribution in [2.45, 2.75) is 187 Å². The van der Waals surface area contributed by atoms with Gasteiger partial charge in [0.2, 0.25) is 53.2 Å². The van der Waals surface area contributed by atoms with Gasteiger partial charge in [0.05, 0.1) is 6.04 Å². The van der Waals surface area contributed by atoms with E-state index in [9.17, 15) is 53.1 Å². The number of hydrogen-bond donors (Lipinski definition) is 13. The summed E-state index contributed by atoms with van der Waals surface area (Å²) in [5, 5.41) is 30.9. The lowest BCUT2D eigenvalue weighted by atomic mass is 9.95. The summed E-state index contributed by atoms with van der Waals surface area (Å²) in [4.78, 5) is 134. The molecule has 74 heavy (non-hydrogen) atoms. The number of benzene rings is 1. The van der Waals surface area contributed by atoms with Gasteiger partial charge in [0, 0.05) is 12.8 Å². The van der Waals surface area contributed by atoms with Crippen LogP contribution in [0, 0.1) is 23.7 Å². The fraction of sp³-hybridized carbons (Fsp3) is 0.686. The van der Waals surface area contributed by atoms with Crippen LogP contribution in [-0.2, 0) is 54.4 Å². The van der Waals surface area contributed by atoms with E-state index in [-0.39, 0.29) is 44.6 Å². The lowest BCUT2D eigenvalue weighted by Gasteiger charge is -2.31. The molecule has 1 aromatic rings. The summed E-state index contributed by atoms with van der Waals surface area (Å²) in [6, 6.07) is -2.27. The van der Waals surface area contributed by atoms with Gasteiger partial charge < -0.3 is 70.6 Å². The molecular weight excluding hydrogens is 957 g/mol. The topological polar surface area (TPSA) is 391 Å². The van der Waals surface area contributed by atoms with Crippen LogP contribution in [0.15, 0.2) is 30.3 Å². The maximum absolute atomic E-state index is 14.3. The number of carboxylic acid groups (broad SMARTS) is 1. The summed E-state index contributed by atoms with van der Waals surface area (Å²) in [6.07, 6.45) is 2.26. The molecule has 23 heteroatoms. The zero-order chi connectivity index (χ0) is 56.2. The molecule has 10 atom stereocenters. The first-order chi connectivity index (χ1) is 34.8. The van der Waals surface area contributed by atoms with Gasteiger partial charge in [0.15, 0.2) is 0 Å². The molecule has 0 aliphatic heterocycles. The second-order valence-electron chi connectivity index (χ2n) is 20.1. The first-order valence-corrected chi connectivity index (χ1v) is 25.9. The van der Waals surface area contributed by atoms with Gasteiger partial charge in [-0.15, -0.1) is 0 Å². The van der Waals surface area contributed by atoms with Crippen LogP contribution in [-0.4, -0.2) is 132 Å². The zero-order valence-corrected chi connectivity index (χ0v) is 44.9. The molecule has 0 saturated carbocycles. The molecule has 0 heterocycles. The molecule has 9 amide bonds. The van der Waals surface area contributed by atoms with Crippen molar-refractivity contribution in [2.24, 2.45) is 46.6 Å². The van der Waals surface area contributed by atoms with E-state index in [0.717, 1.165) is 0 Å². The summed E-state index contributed by atoms with van der Waals surface area (Å²) in [7, 11) is 0. The molecule has 23 nitrogen and oxygen atoms in total. The molecule has 0 aliphatic carbocycles. The molecule has 0 aliphatic rings. The summed E-state index contributed by atoms with van der Waals surface area (Å²) in [5.74, 6) is -9.56. The molecule has 0 radical (unpaired) electrons. The number of aliphatic carboxylic acids is 1. The number of nitrogens with two attached hydrogens (primary N) is 4. The molecule has 0 spiro atoms. The van der Waals surface area contributed by atoms with Crippen LogP contribution in [0.4, 0.5) is 0 Å². The van der Waals surface area contributed by atoms with Crippen molar-refractivity contribution in [3.63, 3.8) is 0 Å². The normalized spacial score (nSPS) is 15.4.